The molecule has 14 heavy (non-hydrogen) atoms. The molecule has 4 heteroatoms. The second-order valence-electron chi connectivity index (χ2n) is 3.46. The van der Waals surface area contributed by atoms with Crippen LogP contribution in [0.2, 0.25) is 0 Å². The van der Waals surface area contributed by atoms with Gasteiger partial charge in [0.2, 0.25) is 0 Å². The van der Waals surface area contributed by atoms with Crippen molar-refractivity contribution in [1.29, 1.82) is 0 Å². The maximum atomic E-state index is 12.7. The minimum atomic E-state index is -0.305. The number of rotatable bonds is 4. The highest BCUT2D eigenvalue weighted by atomic mass is 19.1. The third kappa shape index (κ3) is 3.22. The Hall–Kier alpha value is -1.29. The minimum Gasteiger partial charge on any atom is -0.397 e. The average Bonchev–Trinajstić information content (AvgIpc) is 2.08. The summed E-state index contributed by atoms with van der Waals surface area (Å²) in [7, 11) is 3.99. The van der Waals surface area contributed by atoms with Crippen molar-refractivity contribution in [2.45, 2.75) is 0 Å². The van der Waals surface area contributed by atoms with Crippen LogP contribution in [0.15, 0.2) is 18.2 Å². The van der Waals surface area contributed by atoms with Crippen LogP contribution < -0.4 is 11.1 Å². The number of halogens is 1. The minimum absolute atomic E-state index is 0.305. The number of nitrogens with zero attached hydrogens (tertiary/aromatic N) is 1. The zero-order valence-corrected chi connectivity index (χ0v) is 8.55. The molecule has 0 aliphatic rings. The molecule has 0 aromatic heterocycles. The van der Waals surface area contributed by atoms with Crippen LogP contribution in [0.1, 0.15) is 0 Å². The summed E-state index contributed by atoms with van der Waals surface area (Å²) in [6.45, 7) is 1.71. The second-order valence-corrected chi connectivity index (χ2v) is 3.46. The maximum Gasteiger partial charge on any atom is 0.125 e. The summed E-state index contributed by atoms with van der Waals surface area (Å²) in [5.74, 6) is -0.305. The summed E-state index contributed by atoms with van der Waals surface area (Å²) < 4.78 is 12.7. The number of likely N-dealkylation sites (N-methyl/N-ethyl adjacent to an activating group) is 1. The fourth-order valence-corrected chi connectivity index (χ4v) is 1.11. The van der Waals surface area contributed by atoms with Crippen molar-refractivity contribution in [3.8, 4) is 0 Å². The highest BCUT2D eigenvalue weighted by Crippen LogP contribution is 2.18. The highest BCUT2D eigenvalue weighted by Gasteiger charge is 1.99. The molecule has 0 fully saturated rings. The zero-order valence-electron chi connectivity index (χ0n) is 8.55. The van der Waals surface area contributed by atoms with Gasteiger partial charge in [-0.1, -0.05) is 0 Å². The Morgan fingerprint density at radius 2 is 2.14 bits per heavy atom. The van der Waals surface area contributed by atoms with E-state index in [0.717, 1.165) is 18.8 Å². The average molecular weight is 197 g/mol. The molecule has 3 N–H and O–H groups in total. The zero-order chi connectivity index (χ0) is 10.6. The number of hydrogen-bond acceptors (Lipinski definition) is 3. The summed E-state index contributed by atoms with van der Waals surface area (Å²) in [6.07, 6.45) is 0. The van der Waals surface area contributed by atoms with E-state index in [9.17, 15) is 4.39 Å². The molecule has 1 aromatic carbocycles. The number of nitrogen functional groups attached to an aromatic ring is 1. The van der Waals surface area contributed by atoms with Crippen LogP contribution in [0, 0.1) is 5.82 Å². The Labute approximate surface area is 83.7 Å². The fourth-order valence-electron chi connectivity index (χ4n) is 1.11. The van der Waals surface area contributed by atoms with Gasteiger partial charge in [0.05, 0.1) is 11.4 Å². The second kappa shape index (κ2) is 4.81. The quantitative estimate of drug-likeness (QED) is 0.716. The van der Waals surface area contributed by atoms with Gasteiger partial charge in [0.25, 0.3) is 0 Å². The van der Waals surface area contributed by atoms with E-state index < -0.39 is 0 Å². The molecule has 1 aromatic rings. The molecule has 0 unspecified atom stereocenters. The van der Waals surface area contributed by atoms with Gasteiger partial charge < -0.3 is 16.0 Å². The molecule has 0 bridgehead atoms. The van der Waals surface area contributed by atoms with Crippen LogP contribution >= 0.6 is 0 Å². The van der Waals surface area contributed by atoms with Crippen LogP contribution in [0.25, 0.3) is 0 Å². The molecule has 0 radical (unpaired) electrons. The molecular weight excluding hydrogens is 181 g/mol. The molecule has 0 saturated carbocycles. The summed E-state index contributed by atoms with van der Waals surface area (Å²) >= 11 is 0. The number of anilines is 2. The largest absolute Gasteiger partial charge is 0.397 e. The standard InChI is InChI=1S/C10H16FN3/c1-14(2)6-5-13-10-4-3-8(11)7-9(10)12/h3-4,7,13H,5-6,12H2,1-2H3. The summed E-state index contributed by atoms with van der Waals surface area (Å²) in [6, 6.07) is 4.37. The van der Waals surface area contributed by atoms with Gasteiger partial charge in [-0.25, -0.2) is 4.39 Å². The Morgan fingerprint density at radius 1 is 1.43 bits per heavy atom. The number of nitrogens with two attached hydrogens (primary N) is 1. The highest BCUT2D eigenvalue weighted by molar-refractivity contribution is 5.65. The molecule has 0 atom stereocenters. The van der Waals surface area contributed by atoms with E-state index in [1.165, 1.54) is 12.1 Å². The molecule has 78 valence electrons. The first-order valence-electron chi connectivity index (χ1n) is 4.53. The maximum absolute atomic E-state index is 12.7. The van der Waals surface area contributed by atoms with Crippen molar-refractivity contribution in [2.24, 2.45) is 0 Å². The monoisotopic (exact) mass is 197 g/mol. The first kappa shape index (κ1) is 10.8. The molecule has 0 saturated heterocycles. The van der Waals surface area contributed by atoms with Gasteiger partial charge in [-0.05, 0) is 32.3 Å². The third-order valence-electron chi connectivity index (χ3n) is 1.89. The Morgan fingerprint density at radius 3 is 2.71 bits per heavy atom. The van der Waals surface area contributed by atoms with E-state index in [-0.39, 0.29) is 5.82 Å². The molecule has 3 nitrogen and oxygen atoms in total. The Bertz CT molecular complexity index is 299. The Kier molecular flexibility index (Phi) is 3.71. The summed E-state index contributed by atoms with van der Waals surface area (Å²) in [5.41, 5.74) is 6.86. The first-order valence-corrected chi connectivity index (χ1v) is 4.53. The lowest BCUT2D eigenvalue weighted by molar-refractivity contribution is 0.425. The van der Waals surface area contributed by atoms with Crippen LogP contribution in [0.3, 0.4) is 0 Å². The van der Waals surface area contributed by atoms with Gasteiger partial charge in [0.1, 0.15) is 5.82 Å². The third-order valence-corrected chi connectivity index (χ3v) is 1.89. The topological polar surface area (TPSA) is 41.3 Å². The van der Waals surface area contributed by atoms with Gasteiger partial charge in [0.15, 0.2) is 0 Å². The van der Waals surface area contributed by atoms with Gasteiger partial charge in [-0.3, -0.25) is 0 Å². The van der Waals surface area contributed by atoms with E-state index in [2.05, 4.69) is 10.2 Å². The number of hydrogen-bond donors (Lipinski definition) is 2. The van der Waals surface area contributed by atoms with Crippen LogP contribution in [-0.2, 0) is 0 Å². The molecule has 1 rings (SSSR count). The predicted octanol–water partition coefficient (Wildman–Crippen LogP) is 1.38. The van der Waals surface area contributed by atoms with Crippen molar-refractivity contribution < 1.29 is 4.39 Å². The van der Waals surface area contributed by atoms with Crippen LogP contribution in [0.5, 0.6) is 0 Å². The summed E-state index contributed by atoms with van der Waals surface area (Å²) in [5, 5.41) is 3.14. The lowest BCUT2D eigenvalue weighted by Gasteiger charge is -2.12. The van der Waals surface area contributed by atoms with Gasteiger partial charge in [-0.2, -0.15) is 0 Å². The smallest absolute Gasteiger partial charge is 0.125 e. The van der Waals surface area contributed by atoms with Crippen molar-refractivity contribution in [3.05, 3.63) is 24.0 Å². The van der Waals surface area contributed by atoms with E-state index in [0.29, 0.717) is 5.69 Å². The van der Waals surface area contributed by atoms with Crippen molar-refractivity contribution in [2.75, 3.05) is 38.2 Å². The van der Waals surface area contributed by atoms with Gasteiger partial charge >= 0.3 is 0 Å². The molecule has 0 amide bonds. The van der Waals surface area contributed by atoms with E-state index in [1.807, 2.05) is 14.1 Å². The lowest BCUT2D eigenvalue weighted by atomic mass is 10.2. The van der Waals surface area contributed by atoms with Crippen LogP contribution in [0.4, 0.5) is 15.8 Å². The van der Waals surface area contributed by atoms with Crippen molar-refractivity contribution in [1.82, 2.24) is 4.90 Å². The molecular formula is C10H16FN3. The van der Waals surface area contributed by atoms with Crippen molar-refractivity contribution >= 4 is 11.4 Å². The van der Waals surface area contributed by atoms with E-state index >= 15 is 0 Å². The number of nitrogens with one attached hydrogen (secondary N) is 1. The molecule has 0 spiro atoms. The normalized spacial score (nSPS) is 10.6. The first-order chi connectivity index (χ1) is 6.59. The molecule has 0 aliphatic heterocycles. The van der Waals surface area contributed by atoms with Gasteiger partial charge in [0, 0.05) is 13.1 Å². The Balaban J connectivity index is 2.51. The van der Waals surface area contributed by atoms with E-state index in [1.54, 1.807) is 6.07 Å². The van der Waals surface area contributed by atoms with Gasteiger partial charge in [-0.15, -0.1) is 0 Å². The lowest BCUT2D eigenvalue weighted by Crippen LogP contribution is -2.21. The molecule has 0 aliphatic carbocycles. The fraction of sp³-hybridized carbons (Fsp3) is 0.400. The number of benzene rings is 1. The predicted molar refractivity (Wildman–Crippen MR) is 57.9 cm³/mol. The molecule has 0 heterocycles. The van der Waals surface area contributed by atoms with Crippen LogP contribution in [-0.4, -0.2) is 32.1 Å². The van der Waals surface area contributed by atoms with Crippen molar-refractivity contribution in [3.63, 3.8) is 0 Å². The SMILES string of the molecule is CN(C)CCNc1ccc(F)cc1N. The summed E-state index contributed by atoms with van der Waals surface area (Å²) in [4.78, 5) is 2.06. The van der Waals surface area contributed by atoms with E-state index in [4.69, 9.17) is 5.73 Å².